The van der Waals surface area contributed by atoms with Crippen LogP contribution in [-0.2, 0) is 0 Å². The average molecular weight is 171 g/mol. The van der Waals surface area contributed by atoms with Crippen LogP contribution in [0.5, 0.6) is 0 Å². The molecule has 0 aliphatic carbocycles. The first-order valence-corrected chi connectivity index (χ1v) is 6.41. The summed E-state index contributed by atoms with van der Waals surface area (Å²) in [5.74, 6) is 0. The van der Waals surface area contributed by atoms with E-state index < -0.39 is 0 Å². The Bertz CT molecular complexity index is 186. The third-order valence-corrected chi connectivity index (χ3v) is 3.92. The molecule has 1 aromatic carbocycles. The van der Waals surface area contributed by atoms with Gasteiger partial charge in [0.25, 0.3) is 0 Å². The van der Waals surface area contributed by atoms with Crippen LogP contribution in [0.2, 0.25) is 0 Å². The molecule has 0 nitrogen and oxygen atoms in total. The largest absolute Gasteiger partial charge is 0.176 e. The van der Waals surface area contributed by atoms with Crippen molar-refractivity contribution in [2.24, 2.45) is 0 Å². The number of benzene rings is 1. The Hall–Kier alpha value is -0.273. The highest BCUT2D eigenvalue weighted by Gasteiger charge is 2.01. The second kappa shape index (κ2) is 3.79. The van der Waals surface area contributed by atoms with Crippen molar-refractivity contribution in [3.05, 3.63) is 35.9 Å². The first kappa shape index (κ1) is 7.83. The molecule has 0 spiro atoms. The number of hydrogen-bond donors (Lipinski definition) is 0. The van der Waals surface area contributed by atoms with E-state index in [4.69, 9.17) is 11.1 Å². The lowest BCUT2D eigenvalue weighted by molar-refractivity contribution is 1.08. The van der Waals surface area contributed by atoms with E-state index in [1.54, 1.807) is 0 Å². The first-order chi connectivity index (χ1) is 4.84. The normalized spacial score (nSPS) is 14.2. The third-order valence-electron chi connectivity index (χ3n) is 1.60. The molecule has 1 atom stereocenters. The minimum atomic E-state index is -0.388. The monoisotopic (exact) mass is 170 g/mol. The fourth-order valence-corrected chi connectivity index (χ4v) is 1.86. The van der Waals surface area contributed by atoms with Crippen LogP contribution in [0.1, 0.15) is 18.0 Å². The summed E-state index contributed by atoms with van der Waals surface area (Å²) < 4.78 is 0. The van der Waals surface area contributed by atoms with Crippen LogP contribution >= 0.6 is 11.1 Å². The molecule has 0 fully saturated rings. The molecule has 0 aromatic heterocycles. The predicted octanol–water partition coefficient (Wildman–Crippen LogP) is 2.07. The summed E-state index contributed by atoms with van der Waals surface area (Å²) in [4.78, 5) is 0. The van der Waals surface area contributed by atoms with Crippen molar-refractivity contribution in [1.29, 1.82) is 0 Å². The Balaban J connectivity index is 2.75. The lowest BCUT2D eigenvalue weighted by Crippen LogP contribution is -1.96. The highest BCUT2D eigenvalue weighted by molar-refractivity contribution is 6.94. The summed E-state index contributed by atoms with van der Waals surface area (Å²) >= 11 is 5.83. The Kier molecular flexibility index (Phi) is 2.97. The Morgan fingerprint density at radius 2 is 1.90 bits per heavy atom. The fraction of sp³-hybridized carbons (Fsp3) is 0.250. The quantitative estimate of drug-likeness (QED) is 0.471. The van der Waals surface area contributed by atoms with Gasteiger partial charge in [0.1, 0.15) is 8.83 Å². The molecule has 0 saturated carbocycles. The van der Waals surface area contributed by atoms with Gasteiger partial charge >= 0.3 is 0 Å². The van der Waals surface area contributed by atoms with Crippen molar-refractivity contribution in [2.75, 3.05) is 0 Å². The molecule has 0 bridgehead atoms. The summed E-state index contributed by atoms with van der Waals surface area (Å²) in [5.41, 5.74) is 1.99. The molecule has 1 rings (SSSR count). The second-order valence-electron chi connectivity index (χ2n) is 2.47. The topological polar surface area (TPSA) is 0 Å². The van der Waals surface area contributed by atoms with Gasteiger partial charge in [-0.15, -0.1) is 0 Å². The van der Waals surface area contributed by atoms with Crippen LogP contribution in [-0.4, -0.2) is 8.83 Å². The van der Waals surface area contributed by atoms with E-state index in [0.29, 0.717) is 5.54 Å². The number of halogens is 1. The summed E-state index contributed by atoms with van der Waals surface area (Å²) in [7, 11) is -0.388. The fourth-order valence-electron chi connectivity index (χ4n) is 0.871. The molecule has 1 unspecified atom stereocenters. The van der Waals surface area contributed by atoms with Gasteiger partial charge in [-0.05, 0) is 11.1 Å². The zero-order valence-corrected chi connectivity index (χ0v) is 8.22. The highest BCUT2D eigenvalue weighted by Crippen LogP contribution is 2.13. The molecule has 54 valence electrons. The van der Waals surface area contributed by atoms with Gasteiger partial charge in [-0.25, -0.2) is 0 Å². The van der Waals surface area contributed by atoms with Gasteiger partial charge in [-0.2, -0.15) is 11.1 Å². The van der Waals surface area contributed by atoms with E-state index in [9.17, 15) is 0 Å². The third kappa shape index (κ3) is 1.86. The molecule has 0 N–H and O–H groups in total. The number of hydrogen-bond acceptors (Lipinski definition) is 0. The molecule has 0 radical (unpaired) electrons. The summed E-state index contributed by atoms with van der Waals surface area (Å²) in [6, 6.07) is 10.4. The minimum Gasteiger partial charge on any atom is -0.176 e. The molecule has 0 aliphatic rings. The molecule has 10 heavy (non-hydrogen) atoms. The van der Waals surface area contributed by atoms with E-state index >= 15 is 0 Å². The maximum absolute atomic E-state index is 5.83. The van der Waals surface area contributed by atoms with Crippen LogP contribution in [0.15, 0.2) is 30.3 Å². The van der Waals surface area contributed by atoms with Crippen molar-refractivity contribution in [2.45, 2.75) is 12.5 Å². The van der Waals surface area contributed by atoms with E-state index in [1.165, 1.54) is 5.56 Å². The van der Waals surface area contributed by atoms with Gasteiger partial charge in [0.15, 0.2) is 0 Å². The average Bonchev–Trinajstić information content (AvgIpc) is 2.05. The summed E-state index contributed by atoms with van der Waals surface area (Å²) in [6.45, 7) is 2.19. The van der Waals surface area contributed by atoms with E-state index in [-0.39, 0.29) is 8.83 Å². The van der Waals surface area contributed by atoms with Crippen LogP contribution in [0, 0.1) is 0 Å². The molecule has 0 heterocycles. The van der Waals surface area contributed by atoms with Gasteiger partial charge in [0, 0.05) is 0 Å². The van der Waals surface area contributed by atoms with E-state index in [0.717, 1.165) is 0 Å². The number of rotatable bonds is 2. The SMILES string of the molecule is CC([SiH2]Cl)c1ccccc1. The summed E-state index contributed by atoms with van der Waals surface area (Å²) in [6.07, 6.45) is 0. The Morgan fingerprint density at radius 1 is 1.30 bits per heavy atom. The van der Waals surface area contributed by atoms with Gasteiger partial charge < -0.3 is 0 Å². The van der Waals surface area contributed by atoms with Gasteiger partial charge in [0.2, 0.25) is 0 Å². The van der Waals surface area contributed by atoms with E-state index in [1.807, 2.05) is 6.07 Å². The molecular formula is C8H11ClSi. The minimum absolute atomic E-state index is 0.388. The predicted molar refractivity (Wildman–Crippen MR) is 49.3 cm³/mol. The highest BCUT2D eigenvalue weighted by atomic mass is 35.6. The molecule has 2 heteroatoms. The smallest absolute Gasteiger partial charge is 0.132 e. The Morgan fingerprint density at radius 3 is 2.40 bits per heavy atom. The van der Waals surface area contributed by atoms with Crippen LogP contribution in [0.25, 0.3) is 0 Å². The lowest BCUT2D eigenvalue weighted by atomic mass is 10.2. The van der Waals surface area contributed by atoms with Crippen molar-refractivity contribution < 1.29 is 0 Å². The first-order valence-electron chi connectivity index (χ1n) is 3.45. The zero-order valence-electron chi connectivity index (χ0n) is 6.05. The summed E-state index contributed by atoms with van der Waals surface area (Å²) in [5, 5.41) is 0. The second-order valence-corrected chi connectivity index (χ2v) is 4.93. The van der Waals surface area contributed by atoms with E-state index in [2.05, 4.69) is 31.2 Å². The van der Waals surface area contributed by atoms with Gasteiger partial charge in [-0.3, -0.25) is 0 Å². The van der Waals surface area contributed by atoms with Gasteiger partial charge in [-0.1, -0.05) is 37.3 Å². The van der Waals surface area contributed by atoms with Crippen molar-refractivity contribution in [3.63, 3.8) is 0 Å². The maximum atomic E-state index is 5.83. The van der Waals surface area contributed by atoms with Crippen molar-refractivity contribution in [3.8, 4) is 0 Å². The molecule has 1 aromatic rings. The Labute approximate surface area is 68.7 Å². The van der Waals surface area contributed by atoms with Crippen LogP contribution in [0.3, 0.4) is 0 Å². The van der Waals surface area contributed by atoms with Crippen LogP contribution in [0.4, 0.5) is 0 Å². The zero-order chi connectivity index (χ0) is 7.40. The standard InChI is InChI=1S/C8H11ClSi/c1-7(10-9)8-5-3-2-4-6-8/h2-7H,10H2,1H3. The van der Waals surface area contributed by atoms with Crippen LogP contribution < -0.4 is 0 Å². The molecule has 0 aliphatic heterocycles. The molecule has 0 amide bonds. The lowest BCUT2D eigenvalue weighted by Gasteiger charge is -2.04. The molecular weight excluding hydrogens is 160 g/mol. The van der Waals surface area contributed by atoms with Crippen molar-refractivity contribution >= 4 is 19.9 Å². The maximum Gasteiger partial charge on any atom is 0.132 e. The van der Waals surface area contributed by atoms with Gasteiger partial charge in [0.05, 0.1) is 0 Å². The molecule has 0 saturated heterocycles. The van der Waals surface area contributed by atoms with Crippen molar-refractivity contribution in [1.82, 2.24) is 0 Å².